The number of esters is 1. The summed E-state index contributed by atoms with van der Waals surface area (Å²) in [5.74, 6) is -0.445. The number of alkyl halides is 3. The molecular formula is C18H21F3N4O2. The van der Waals surface area contributed by atoms with Crippen LogP contribution in [0.3, 0.4) is 0 Å². The lowest BCUT2D eigenvalue weighted by molar-refractivity contribution is -0.141. The zero-order chi connectivity index (χ0) is 20.2. The zero-order valence-corrected chi connectivity index (χ0v) is 15.4. The van der Waals surface area contributed by atoms with Gasteiger partial charge in [-0.05, 0) is 45.9 Å². The van der Waals surface area contributed by atoms with Crippen LogP contribution in [0.2, 0.25) is 0 Å². The Hall–Kier alpha value is -2.84. The van der Waals surface area contributed by atoms with E-state index in [4.69, 9.17) is 4.74 Å². The van der Waals surface area contributed by atoms with Gasteiger partial charge in [-0.15, -0.1) is 5.10 Å². The molecule has 0 aliphatic rings. The smallest absolute Gasteiger partial charge is 0.416 e. The van der Waals surface area contributed by atoms with Crippen molar-refractivity contribution in [2.75, 3.05) is 5.32 Å². The minimum Gasteiger partial charge on any atom is -0.460 e. The number of nitrogens with zero attached hydrogens (tertiary/aromatic N) is 3. The van der Waals surface area contributed by atoms with Crippen LogP contribution in [0.4, 0.5) is 18.9 Å². The average Bonchev–Trinajstić information content (AvgIpc) is 2.99. The Bertz CT molecular complexity index is 826. The largest absolute Gasteiger partial charge is 0.460 e. The van der Waals surface area contributed by atoms with E-state index in [1.807, 2.05) is 13.8 Å². The van der Waals surface area contributed by atoms with Gasteiger partial charge in [0.1, 0.15) is 6.33 Å². The summed E-state index contributed by atoms with van der Waals surface area (Å²) in [6.07, 6.45) is -0.972. The summed E-state index contributed by atoms with van der Waals surface area (Å²) in [4.78, 5) is 15.5. The van der Waals surface area contributed by atoms with E-state index < -0.39 is 17.7 Å². The molecule has 0 unspecified atom stereocenters. The lowest BCUT2D eigenvalue weighted by atomic mass is 10.1. The van der Waals surface area contributed by atoms with Gasteiger partial charge in [0.05, 0.1) is 11.7 Å². The predicted molar refractivity (Wildman–Crippen MR) is 95.8 cm³/mol. The van der Waals surface area contributed by atoms with Crippen molar-refractivity contribution in [1.29, 1.82) is 0 Å². The molecular weight excluding hydrogens is 361 g/mol. The highest BCUT2D eigenvalue weighted by Gasteiger charge is 2.31. The topological polar surface area (TPSA) is 69.0 Å². The standard InChI is InChI=1S/C18H21F3N4O2/c1-11(2)23-15-8-13(7-14(9-15)18(19,20)21)17-22-10-25(24-17)6-5-16(26)27-12(3)4/h5-12,23H,1-4H3. The molecule has 146 valence electrons. The lowest BCUT2D eigenvalue weighted by Gasteiger charge is -2.14. The number of anilines is 1. The fraction of sp³-hybridized carbons (Fsp3) is 0.389. The first-order chi connectivity index (χ1) is 12.5. The molecule has 0 aliphatic carbocycles. The minimum atomic E-state index is -4.49. The summed E-state index contributed by atoms with van der Waals surface area (Å²) in [5, 5.41) is 7.05. The Morgan fingerprint density at radius 2 is 1.93 bits per heavy atom. The van der Waals surface area contributed by atoms with Crippen LogP contribution in [0.5, 0.6) is 0 Å². The SMILES string of the molecule is CC(C)Nc1cc(-c2ncn(C=CC(=O)OC(C)C)n2)cc(C(F)(F)F)c1. The molecule has 0 amide bonds. The summed E-state index contributed by atoms with van der Waals surface area (Å²) in [7, 11) is 0. The molecule has 1 heterocycles. The van der Waals surface area contributed by atoms with E-state index in [0.29, 0.717) is 5.69 Å². The average molecular weight is 382 g/mol. The predicted octanol–water partition coefficient (Wildman–Crippen LogP) is 4.21. The second kappa shape index (κ2) is 8.24. The van der Waals surface area contributed by atoms with Crippen molar-refractivity contribution in [3.8, 4) is 11.4 Å². The number of carbonyl (C=O) groups excluding carboxylic acids is 1. The van der Waals surface area contributed by atoms with Crippen LogP contribution >= 0.6 is 0 Å². The van der Waals surface area contributed by atoms with Crippen molar-refractivity contribution < 1.29 is 22.7 Å². The molecule has 1 aromatic heterocycles. The number of hydrogen-bond donors (Lipinski definition) is 1. The van der Waals surface area contributed by atoms with E-state index in [0.717, 1.165) is 18.2 Å². The first-order valence-electron chi connectivity index (χ1n) is 8.33. The Kier molecular flexibility index (Phi) is 6.24. The van der Waals surface area contributed by atoms with Crippen molar-refractivity contribution >= 4 is 17.9 Å². The Balaban J connectivity index is 2.31. The maximum atomic E-state index is 13.2. The fourth-order valence-electron chi connectivity index (χ4n) is 2.22. The molecule has 0 fully saturated rings. The number of carbonyl (C=O) groups is 1. The van der Waals surface area contributed by atoms with Crippen molar-refractivity contribution in [3.63, 3.8) is 0 Å². The first-order valence-corrected chi connectivity index (χ1v) is 8.33. The fourth-order valence-corrected chi connectivity index (χ4v) is 2.22. The van der Waals surface area contributed by atoms with Gasteiger partial charge >= 0.3 is 12.1 Å². The Labute approximate surface area is 155 Å². The van der Waals surface area contributed by atoms with Crippen LogP contribution in [0.1, 0.15) is 33.3 Å². The molecule has 0 spiro atoms. The van der Waals surface area contributed by atoms with E-state index in [-0.39, 0.29) is 23.5 Å². The van der Waals surface area contributed by atoms with Crippen LogP contribution in [0.25, 0.3) is 17.6 Å². The third-order valence-corrected chi connectivity index (χ3v) is 3.20. The lowest BCUT2D eigenvalue weighted by Crippen LogP contribution is -2.12. The molecule has 0 bridgehead atoms. The summed E-state index contributed by atoms with van der Waals surface area (Å²) < 4.78 is 45.7. The second-order valence-electron chi connectivity index (χ2n) is 6.45. The van der Waals surface area contributed by atoms with Gasteiger partial charge in [0, 0.05) is 29.6 Å². The van der Waals surface area contributed by atoms with Gasteiger partial charge in [-0.1, -0.05) is 0 Å². The second-order valence-corrected chi connectivity index (χ2v) is 6.45. The third kappa shape index (κ3) is 6.12. The molecule has 0 atom stereocenters. The minimum absolute atomic E-state index is 0.0400. The highest BCUT2D eigenvalue weighted by atomic mass is 19.4. The Morgan fingerprint density at radius 3 is 2.52 bits per heavy atom. The zero-order valence-electron chi connectivity index (χ0n) is 15.4. The van der Waals surface area contributed by atoms with E-state index in [1.54, 1.807) is 19.9 Å². The molecule has 2 aromatic rings. The van der Waals surface area contributed by atoms with Crippen LogP contribution in [-0.4, -0.2) is 32.9 Å². The Morgan fingerprint density at radius 1 is 1.22 bits per heavy atom. The summed E-state index contributed by atoms with van der Waals surface area (Å²) in [6.45, 7) is 7.09. The normalized spacial score (nSPS) is 12.2. The third-order valence-electron chi connectivity index (χ3n) is 3.20. The number of hydrogen-bond acceptors (Lipinski definition) is 5. The van der Waals surface area contributed by atoms with Crippen LogP contribution in [-0.2, 0) is 15.7 Å². The van der Waals surface area contributed by atoms with Gasteiger partial charge < -0.3 is 10.1 Å². The number of aromatic nitrogens is 3. The van der Waals surface area contributed by atoms with E-state index in [9.17, 15) is 18.0 Å². The molecule has 6 nitrogen and oxygen atoms in total. The number of benzene rings is 1. The molecule has 0 saturated carbocycles. The van der Waals surface area contributed by atoms with Crippen molar-refractivity contribution in [2.24, 2.45) is 0 Å². The van der Waals surface area contributed by atoms with E-state index >= 15 is 0 Å². The highest BCUT2D eigenvalue weighted by Crippen LogP contribution is 2.34. The van der Waals surface area contributed by atoms with E-state index in [1.165, 1.54) is 17.2 Å². The number of ether oxygens (including phenoxy) is 1. The van der Waals surface area contributed by atoms with Gasteiger partial charge in [-0.2, -0.15) is 13.2 Å². The van der Waals surface area contributed by atoms with Crippen molar-refractivity contribution in [1.82, 2.24) is 14.8 Å². The maximum Gasteiger partial charge on any atom is 0.416 e. The molecule has 2 rings (SSSR count). The van der Waals surface area contributed by atoms with Crippen LogP contribution in [0, 0.1) is 0 Å². The first kappa shape index (κ1) is 20.5. The molecule has 0 radical (unpaired) electrons. The van der Waals surface area contributed by atoms with Crippen LogP contribution in [0.15, 0.2) is 30.6 Å². The molecule has 27 heavy (non-hydrogen) atoms. The van der Waals surface area contributed by atoms with Gasteiger partial charge in [0.2, 0.25) is 0 Å². The molecule has 1 N–H and O–H groups in total. The van der Waals surface area contributed by atoms with Gasteiger partial charge in [-0.3, -0.25) is 0 Å². The molecule has 0 aliphatic heterocycles. The number of rotatable bonds is 6. The van der Waals surface area contributed by atoms with Gasteiger partial charge in [0.15, 0.2) is 5.82 Å². The number of halogens is 3. The van der Waals surface area contributed by atoms with Gasteiger partial charge in [0.25, 0.3) is 0 Å². The molecule has 0 saturated heterocycles. The molecule has 9 heteroatoms. The highest BCUT2D eigenvalue weighted by molar-refractivity contribution is 5.85. The number of nitrogens with one attached hydrogen (secondary N) is 1. The summed E-state index contributed by atoms with van der Waals surface area (Å²) in [6, 6.07) is 3.54. The molecule has 1 aromatic carbocycles. The van der Waals surface area contributed by atoms with E-state index in [2.05, 4.69) is 15.4 Å². The van der Waals surface area contributed by atoms with Crippen molar-refractivity contribution in [3.05, 3.63) is 36.2 Å². The quantitative estimate of drug-likeness (QED) is 0.599. The monoisotopic (exact) mass is 382 g/mol. The van der Waals surface area contributed by atoms with Gasteiger partial charge in [-0.25, -0.2) is 14.5 Å². The summed E-state index contributed by atoms with van der Waals surface area (Å²) >= 11 is 0. The van der Waals surface area contributed by atoms with Crippen LogP contribution < -0.4 is 5.32 Å². The maximum absolute atomic E-state index is 13.2. The summed E-state index contributed by atoms with van der Waals surface area (Å²) in [5.41, 5.74) is -0.261. The van der Waals surface area contributed by atoms with Crippen molar-refractivity contribution in [2.45, 2.75) is 46.0 Å².